The van der Waals surface area contributed by atoms with Gasteiger partial charge in [0.1, 0.15) is 13.2 Å². The average Bonchev–Trinajstić information content (AvgIpc) is 2.89. The van der Waals surface area contributed by atoms with Gasteiger partial charge in [0.05, 0.1) is 45.6 Å². The van der Waals surface area contributed by atoms with Crippen LogP contribution in [0.1, 0.15) is 26.7 Å². The van der Waals surface area contributed by atoms with E-state index in [4.69, 9.17) is 24.1 Å². The Bertz CT molecular complexity index is 782. The fourth-order valence-corrected chi connectivity index (χ4v) is 2.68. The maximum Gasteiger partial charge on any atom is 0.306 e. The van der Waals surface area contributed by atoms with Gasteiger partial charge < -0.3 is 50.6 Å². The average molecular weight is 578 g/mol. The smallest absolute Gasteiger partial charge is 0.306 e. The highest BCUT2D eigenvalue weighted by molar-refractivity contribution is 5.83. The summed E-state index contributed by atoms with van der Waals surface area (Å²) in [5.74, 6) is -3.40. The van der Waals surface area contributed by atoms with Crippen molar-refractivity contribution >= 4 is 35.5 Å². The van der Waals surface area contributed by atoms with Crippen LogP contribution in [0.4, 0.5) is 0 Å². The number of carbonyl (C=O) groups excluding carboxylic acids is 5. The lowest BCUT2D eigenvalue weighted by Gasteiger charge is -2.10. The number of carboxylic acid groups (broad SMARTS) is 1. The molecule has 0 aromatic heterocycles. The van der Waals surface area contributed by atoms with Gasteiger partial charge in [0, 0.05) is 52.5 Å². The van der Waals surface area contributed by atoms with Crippen LogP contribution in [-0.4, -0.2) is 126 Å². The number of nitrogens with one attached hydrogen (secondary N) is 5. The summed E-state index contributed by atoms with van der Waals surface area (Å²) in [4.78, 5) is 68.0. The van der Waals surface area contributed by atoms with E-state index in [9.17, 15) is 28.8 Å². The Morgan fingerprint density at radius 2 is 1.02 bits per heavy atom. The molecule has 0 aliphatic carbocycles. The van der Waals surface area contributed by atoms with Crippen molar-refractivity contribution in [2.24, 2.45) is 5.92 Å². The van der Waals surface area contributed by atoms with Gasteiger partial charge in [0.2, 0.25) is 29.5 Å². The van der Waals surface area contributed by atoms with Crippen LogP contribution in [0.15, 0.2) is 0 Å². The van der Waals surface area contributed by atoms with Gasteiger partial charge in [-0.3, -0.25) is 28.8 Å². The normalized spacial score (nSPS) is 11.2. The van der Waals surface area contributed by atoms with E-state index in [2.05, 4.69) is 26.6 Å². The number of hydrogen-bond acceptors (Lipinski definition) is 10. The molecule has 0 fully saturated rings. The van der Waals surface area contributed by atoms with Gasteiger partial charge in [0.15, 0.2) is 0 Å². The Balaban J connectivity index is 3.48. The molecular weight excluding hydrogens is 534 g/mol. The molecule has 0 heterocycles. The standard InChI is InChI=1S/C24H43N5O11/c1-18(24(35)36)15-21(32)26-4-3-20(31)27-5-6-28-22(33)16-39-14-12-38-10-8-29-23(34)17-40-13-11-37-9-7-25-19(2)30/h18H,3-17H2,1-2H3,(H,25,30)(H,26,32)(H,27,31)(H,28,33)(H,29,34)(H,35,36). The minimum absolute atomic E-state index is 0.0279. The van der Waals surface area contributed by atoms with Crippen LogP contribution < -0.4 is 26.6 Å². The van der Waals surface area contributed by atoms with Crippen molar-refractivity contribution in [3.8, 4) is 0 Å². The third-order valence-electron chi connectivity index (χ3n) is 4.76. The largest absolute Gasteiger partial charge is 0.481 e. The Morgan fingerprint density at radius 3 is 1.55 bits per heavy atom. The van der Waals surface area contributed by atoms with Crippen molar-refractivity contribution in [2.45, 2.75) is 26.7 Å². The topological polar surface area (TPSA) is 220 Å². The number of carbonyl (C=O) groups is 6. The maximum absolute atomic E-state index is 11.7. The number of hydrogen-bond donors (Lipinski definition) is 6. The van der Waals surface area contributed by atoms with Crippen LogP contribution >= 0.6 is 0 Å². The van der Waals surface area contributed by atoms with Crippen molar-refractivity contribution in [3.63, 3.8) is 0 Å². The second-order valence-electron chi connectivity index (χ2n) is 8.41. The zero-order valence-corrected chi connectivity index (χ0v) is 23.2. The molecule has 0 aliphatic heterocycles. The molecule has 1 atom stereocenters. The van der Waals surface area contributed by atoms with Crippen molar-refractivity contribution in [2.75, 3.05) is 85.6 Å². The highest BCUT2D eigenvalue weighted by atomic mass is 16.5. The predicted octanol–water partition coefficient (Wildman–Crippen LogP) is -2.85. The van der Waals surface area contributed by atoms with Gasteiger partial charge in [-0.05, 0) is 0 Å². The van der Waals surface area contributed by atoms with E-state index in [1.807, 2.05) is 0 Å². The third kappa shape index (κ3) is 25.0. The Hall–Kier alpha value is -3.34. The van der Waals surface area contributed by atoms with Gasteiger partial charge >= 0.3 is 5.97 Å². The van der Waals surface area contributed by atoms with Crippen molar-refractivity contribution in [1.82, 2.24) is 26.6 Å². The molecular formula is C24H43N5O11. The number of rotatable bonds is 25. The van der Waals surface area contributed by atoms with Crippen molar-refractivity contribution in [1.29, 1.82) is 0 Å². The predicted molar refractivity (Wildman–Crippen MR) is 140 cm³/mol. The first kappa shape index (κ1) is 36.7. The SMILES string of the molecule is CC(=O)NCCOCCOCC(=O)NCCOCCOCC(=O)NCCNC(=O)CCNC(=O)CC(C)C(=O)O. The Kier molecular flexibility index (Phi) is 22.6. The van der Waals surface area contributed by atoms with E-state index >= 15 is 0 Å². The van der Waals surface area contributed by atoms with Gasteiger partial charge in [-0.25, -0.2) is 0 Å². The summed E-state index contributed by atoms with van der Waals surface area (Å²) in [7, 11) is 0. The van der Waals surface area contributed by atoms with Crippen molar-refractivity contribution < 1.29 is 52.8 Å². The van der Waals surface area contributed by atoms with Gasteiger partial charge in [0.25, 0.3) is 0 Å². The molecule has 0 bridgehead atoms. The number of carboxylic acids is 1. The second-order valence-corrected chi connectivity index (χ2v) is 8.41. The van der Waals surface area contributed by atoms with E-state index in [1.165, 1.54) is 13.8 Å². The molecule has 0 aromatic carbocycles. The first-order chi connectivity index (χ1) is 19.1. The van der Waals surface area contributed by atoms with Crippen LogP contribution in [0.5, 0.6) is 0 Å². The maximum atomic E-state index is 11.7. The van der Waals surface area contributed by atoms with Crippen LogP contribution in [0.3, 0.4) is 0 Å². The third-order valence-corrected chi connectivity index (χ3v) is 4.76. The van der Waals surface area contributed by atoms with Gasteiger partial charge in [-0.15, -0.1) is 0 Å². The summed E-state index contributed by atoms with van der Waals surface area (Å²) >= 11 is 0. The summed E-state index contributed by atoms with van der Waals surface area (Å²) in [6.07, 6.45) is -0.131. The zero-order chi connectivity index (χ0) is 30.0. The quantitative estimate of drug-likeness (QED) is 0.0607. The summed E-state index contributed by atoms with van der Waals surface area (Å²) in [6.45, 7) is 5.35. The first-order valence-electron chi connectivity index (χ1n) is 13.0. The highest BCUT2D eigenvalue weighted by Gasteiger charge is 2.15. The molecule has 0 radical (unpaired) electrons. The monoisotopic (exact) mass is 577 g/mol. The Morgan fingerprint density at radius 1 is 0.575 bits per heavy atom. The number of ether oxygens (including phenoxy) is 4. The fraction of sp³-hybridized carbons (Fsp3) is 0.750. The number of aliphatic carboxylic acids is 1. The summed E-state index contributed by atoms with van der Waals surface area (Å²) in [5.41, 5.74) is 0. The summed E-state index contributed by atoms with van der Waals surface area (Å²) < 4.78 is 20.9. The molecule has 5 amide bonds. The zero-order valence-electron chi connectivity index (χ0n) is 23.2. The van der Waals surface area contributed by atoms with Gasteiger partial charge in [-0.1, -0.05) is 6.92 Å². The molecule has 16 nitrogen and oxygen atoms in total. The molecule has 40 heavy (non-hydrogen) atoms. The summed E-state index contributed by atoms with van der Waals surface area (Å²) in [5, 5.41) is 21.6. The van der Waals surface area contributed by atoms with Crippen LogP contribution in [0, 0.1) is 5.92 Å². The highest BCUT2D eigenvalue weighted by Crippen LogP contribution is 2.00. The number of amides is 5. The Labute approximate surface area is 233 Å². The molecule has 0 aromatic rings. The molecule has 0 saturated heterocycles. The lowest BCUT2D eigenvalue weighted by Crippen LogP contribution is -2.37. The van der Waals surface area contributed by atoms with E-state index in [0.29, 0.717) is 19.8 Å². The lowest BCUT2D eigenvalue weighted by atomic mass is 10.1. The van der Waals surface area contributed by atoms with E-state index in [1.54, 1.807) is 0 Å². The molecule has 0 spiro atoms. The minimum Gasteiger partial charge on any atom is -0.481 e. The molecule has 0 rings (SSSR count). The summed E-state index contributed by atoms with van der Waals surface area (Å²) in [6, 6.07) is 0. The molecule has 0 aliphatic rings. The minimum atomic E-state index is -1.06. The van der Waals surface area contributed by atoms with Crippen molar-refractivity contribution in [3.05, 3.63) is 0 Å². The van der Waals surface area contributed by atoms with Crippen LogP contribution in [-0.2, 0) is 47.7 Å². The van der Waals surface area contributed by atoms with E-state index in [0.717, 1.165) is 0 Å². The van der Waals surface area contributed by atoms with Crippen LogP contribution in [0.2, 0.25) is 0 Å². The van der Waals surface area contributed by atoms with Crippen LogP contribution in [0.25, 0.3) is 0 Å². The molecule has 16 heteroatoms. The lowest BCUT2D eigenvalue weighted by molar-refractivity contribution is -0.143. The second kappa shape index (κ2) is 24.7. The van der Waals surface area contributed by atoms with E-state index < -0.39 is 17.8 Å². The first-order valence-corrected chi connectivity index (χ1v) is 13.0. The molecule has 6 N–H and O–H groups in total. The molecule has 230 valence electrons. The van der Waals surface area contributed by atoms with E-state index in [-0.39, 0.29) is 102 Å². The fourth-order valence-electron chi connectivity index (χ4n) is 2.68. The van der Waals surface area contributed by atoms with Gasteiger partial charge in [-0.2, -0.15) is 0 Å². The molecule has 0 saturated carbocycles. The molecule has 1 unspecified atom stereocenters.